The molecule has 0 aliphatic rings. The van der Waals surface area contributed by atoms with Gasteiger partial charge in [-0.2, -0.15) is 0 Å². The third kappa shape index (κ3) is 4.44. The van der Waals surface area contributed by atoms with Crippen molar-refractivity contribution in [3.05, 3.63) is 53.6 Å². The largest absolute Gasteiger partial charge is 0.478 e. The van der Waals surface area contributed by atoms with E-state index < -0.39 is 5.97 Å². The average molecular weight is 301 g/mol. The van der Waals surface area contributed by atoms with Crippen LogP contribution in [0.2, 0.25) is 0 Å². The molecule has 1 heterocycles. The summed E-state index contributed by atoms with van der Waals surface area (Å²) in [5.41, 5.74) is 1.12. The summed E-state index contributed by atoms with van der Waals surface area (Å²) >= 11 is 0. The molecule has 1 aromatic heterocycles. The molecule has 2 rings (SSSR count). The number of benzene rings is 1. The lowest BCUT2D eigenvalue weighted by Crippen LogP contribution is -2.22. The third-order valence-corrected chi connectivity index (χ3v) is 3.42. The van der Waals surface area contributed by atoms with Crippen molar-refractivity contribution in [2.75, 3.05) is 0 Å². The number of aromatic nitrogens is 2. The van der Waals surface area contributed by atoms with Crippen molar-refractivity contribution in [2.24, 2.45) is 0 Å². The first kappa shape index (κ1) is 15.8. The van der Waals surface area contributed by atoms with Crippen LogP contribution in [-0.2, 0) is 17.9 Å². The van der Waals surface area contributed by atoms with Crippen LogP contribution in [0.1, 0.15) is 34.6 Å². The van der Waals surface area contributed by atoms with E-state index in [-0.39, 0.29) is 11.5 Å². The number of nitrogens with one attached hydrogen (secondary N) is 1. The van der Waals surface area contributed by atoms with Crippen molar-refractivity contribution in [1.82, 2.24) is 14.9 Å². The standard InChI is InChI=1S/C16H19N3O3/c1-12-17-8-10-19(12)9-2-3-15(20)18-11-13-4-6-14(7-5-13)16(21)22/h4-8,10H,2-3,9,11H2,1H3,(H,18,20)(H,21,22). The normalized spacial score (nSPS) is 10.4. The molecule has 0 bridgehead atoms. The van der Waals surface area contributed by atoms with Gasteiger partial charge in [0.25, 0.3) is 0 Å². The highest BCUT2D eigenvalue weighted by Gasteiger charge is 2.04. The molecule has 116 valence electrons. The lowest BCUT2D eigenvalue weighted by molar-refractivity contribution is -0.121. The van der Waals surface area contributed by atoms with E-state index in [0.29, 0.717) is 13.0 Å². The number of aryl methyl sites for hydroxylation is 2. The summed E-state index contributed by atoms with van der Waals surface area (Å²) < 4.78 is 2.01. The van der Waals surface area contributed by atoms with Crippen LogP contribution in [0.3, 0.4) is 0 Å². The molecule has 0 spiro atoms. The predicted molar refractivity (Wildman–Crippen MR) is 81.4 cm³/mol. The number of carboxylic acid groups (broad SMARTS) is 1. The Balaban J connectivity index is 1.71. The Morgan fingerprint density at radius 1 is 1.27 bits per heavy atom. The minimum atomic E-state index is -0.953. The molecule has 1 aromatic carbocycles. The number of carbonyl (C=O) groups excluding carboxylic acids is 1. The summed E-state index contributed by atoms with van der Waals surface area (Å²) in [5.74, 6) is -0.0237. The van der Waals surface area contributed by atoms with Gasteiger partial charge >= 0.3 is 5.97 Å². The van der Waals surface area contributed by atoms with Gasteiger partial charge < -0.3 is 15.0 Å². The summed E-state index contributed by atoms with van der Waals surface area (Å²) in [6, 6.07) is 6.48. The molecule has 2 N–H and O–H groups in total. The molecule has 0 radical (unpaired) electrons. The molecule has 6 heteroatoms. The molecular weight excluding hydrogens is 282 g/mol. The van der Waals surface area contributed by atoms with Gasteiger partial charge in [-0.1, -0.05) is 12.1 Å². The lowest BCUT2D eigenvalue weighted by Gasteiger charge is -2.07. The topological polar surface area (TPSA) is 84.2 Å². The molecule has 0 fully saturated rings. The molecule has 0 aliphatic heterocycles. The first-order valence-electron chi connectivity index (χ1n) is 7.13. The number of nitrogens with zero attached hydrogens (tertiary/aromatic N) is 2. The van der Waals surface area contributed by atoms with Crippen molar-refractivity contribution >= 4 is 11.9 Å². The van der Waals surface area contributed by atoms with E-state index >= 15 is 0 Å². The summed E-state index contributed by atoms with van der Waals surface area (Å²) in [5, 5.41) is 11.6. The van der Waals surface area contributed by atoms with Gasteiger partial charge in [0.05, 0.1) is 5.56 Å². The maximum atomic E-state index is 11.8. The quantitative estimate of drug-likeness (QED) is 0.819. The van der Waals surface area contributed by atoms with Crippen LogP contribution in [-0.4, -0.2) is 26.5 Å². The molecule has 1 amide bonds. The number of amides is 1. The van der Waals surface area contributed by atoms with Crippen LogP contribution in [0.25, 0.3) is 0 Å². The maximum Gasteiger partial charge on any atom is 0.335 e. The number of carboxylic acids is 1. The molecular formula is C16H19N3O3. The van der Waals surface area contributed by atoms with Gasteiger partial charge in [-0.3, -0.25) is 4.79 Å². The fraction of sp³-hybridized carbons (Fsp3) is 0.312. The van der Waals surface area contributed by atoms with E-state index in [1.165, 1.54) is 12.1 Å². The van der Waals surface area contributed by atoms with Crippen molar-refractivity contribution in [3.63, 3.8) is 0 Å². The van der Waals surface area contributed by atoms with Gasteiger partial charge in [0.15, 0.2) is 0 Å². The van der Waals surface area contributed by atoms with Gasteiger partial charge in [0.1, 0.15) is 5.82 Å². The predicted octanol–water partition coefficient (Wildman–Crippen LogP) is 1.99. The number of hydrogen-bond donors (Lipinski definition) is 2. The molecule has 0 saturated carbocycles. The van der Waals surface area contributed by atoms with Crippen molar-refractivity contribution in [1.29, 1.82) is 0 Å². The van der Waals surface area contributed by atoms with Crippen LogP contribution in [0.5, 0.6) is 0 Å². The van der Waals surface area contributed by atoms with Crippen LogP contribution >= 0.6 is 0 Å². The Hall–Kier alpha value is -2.63. The summed E-state index contributed by atoms with van der Waals surface area (Å²) in [7, 11) is 0. The minimum Gasteiger partial charge on any atom is -0.478 e. The van der Waals surface area contributed by atoms with E-state index in [1.807, 2.05) is 17.7 Å². The molecule has 6 nitrogen and oxygen atoms in total. The second-order valence-corrected chi connectivity index (χ2v) is 5.05. The van der Waals surface area contributed by atoms with Gasteiger partial charge in [-0.05, 0) is 31.0 Å². The monoisotopic (exact) mass is 301 g/mol. The molecule has 2 aromatic rings. The molecule has 0 unspecified atom stereocenters. The summed E-state index contributed by atoms with van der Waals surface area (Å²) in [6.07, 6.45) is 4.85. The zero-order valence-corrected chi connectivity index (χ0v) is 12.5. The van der Waals surface area contributed by atoms with E-state index in [4.69, 9.17) is 5.11 Å². The zero-order chi connectivity index (χ0) is 15.9. The van der Waals surface area contributed by atoms with Gasteiger partial charge in [0, 0.05) is 31.9 Å². The van der Waals surface area contributed by atoms with E-state index in [2.05, 4.69) is 10.3 Å². The van der Waals surface area contributed by atoms with Crippen LogP contribution in [0, 0.1) is 6.92 Å². The van der Waals surface area contributed by atoms with E-state index in [0.717, 1.165) is 24.4 Å². The number of hydrogen-bond acceptors (Lipinski definition) is 3. The Morgan fingerprint density at radius 2 is 2.00 bits per heavy atom. The Morgan fingerprint density at radius 3 is 2.59 bits per heavy atom. The lowest BCUT2D eigenvalue weighted by atomic mass is 10.1. The highest BCUT2D eigenvalue weighted by Crippen LogP contribution is 2.05. The van der Waals surface area contributed by atoms with Gasteiger partial charge in [0.2, 0.25) is 5.91 Å². The summed E-state index contributed by atoms with van der Waals surface area (Å²) in [4.78, 5) is 26.6. The smallest absolute Gasteiger partial charge is 0.335 e. The Bertz CT molecular complexity index is 647. The Labute approximate surface area is 128 Å². The van der Waals surface area contributed by atoms with Crippen LogP contribution < -0.4 is 5.32 Å². The van der Waals surface area contributed by atoms with Crippen molar-refractivity contribution < 1.29 is 14.7 Å². The van der Waals surface area contributed by atoms with Crippen LogP contribution in [0.15, 0.2) is 36.7 Å². The maximum absolute atomic E-state index is 11.8. The first-order chi connectivity index (χ1) is 10.6. The fourth-order valence-electron chi connectivity index (χ4n) is 2.10. The SMILES string of the molecule is Cc1nccn1CCCC(=O)NCc1ccc(C(=O)O)cc1. The van der Waals surface area contributed by atoms with Crippen LogP contribution in [0.4, 0.5) is 0 Å². The fourth-order valence-corrected chi connectivity index (χ4v) is 2.10. The van der Waals surface area contributed by atoms with Crippen molar-refractivity contribution in [2.45, 2.75) is 32.9 Å². The number of imidazole rings is 1. The van der Waals surface area contributed by atoms with Crippen molar-refractivity contribution in [3.8, 4) is 0 Å². The highest BCUT2D eigenvalue weighted by molar-refractivity contribution is 5.87. The van der Waals surface area contributed by atoms with E-state index in [9.17, 15) is 9.59 Å². The second kappa shape index (κ2) is 7.40. The average Bonchev–Trinajstić information content (AvgIpc) is 2.91. The number of carbonyl (C=O) groups is 2. The van der Waals surface area contributed by atoms with E-state index in [1.54, 1.807) is 18.3 Å². The number of aromatic carboxylic acids is 1. The molecule has 22 heavy (non-hydrogen) atoms. The minimum absolute atomic E-state index is 0.0138. The molecule has 0 saturated heterocycles. The highest BCUT2D eigenvalue weighted by atomic mass is 16.4. The zero-order valence-electron chi connectivity index (χ0n) is 12.5. The molecule has 0 aliphatic carbocycles. The second-order valence-electron chi connectivity index (χ2n) is 5.05. The Kier molecular flexibility index (Phi) is 5.30. The van der Waals surface area contributed by atoms with Gasteiger partial charge in [-0.25, -0.2) is 9.78 Å². The first-order valence-corrected chi connectivity index (χ1v) is 7.13. The third-order valence-electron chi connectivity index (χ3n) is 3.42. The molecule has 0 atom stereocenters. The number of rotatable bonds is 7. The van der Waals surface area contributed by atoms with Gasteiger partial charge in [-0.15, -0.1) is 0 Å². The summed E-state index contributed by atoms with van der Waals surface area (Å²) in [6.45, 7) is 3.11.